The molecule has 0 spiro atoms. The third-order valence-electron chi connectivity index (χ3n) is 3.03. The van der Waals surface area contributed by atoms with E-state index in [0.29, 0.717) is 18.9 Å². The molecule has 3 N–H and O–H groups in total. The molecule has 0 saturated heterocycles. The Morgan fingerprint density at radius 2 is 2.12 bits per heavy atom. The van der Waals surface area contributed by atoms with Crippen molar-refractivity contribution in [3.8, 4) is 0 Å². The normalized spacial score (nSPS) is 29.4. The minimum atomic E-state index is -3.23. The molecule has 17 heavy (non-hydrogen) atoms. The molecule has 0 amide bonds. The fraction of sp³-hybridized carbons (Fsp3) is 1.00. The molecular formula is C11H24N2O3S. The number of nitrogens with two attached hydrogens (primary N) is 1. The van der Waals surface area contributed by atoms with Crippen molar-refractivity contribution in [1.82, 2.24) is 4.72 Å². The summed E-state index contributed by atoms with van der Waals surface area (Å²) in [7, 11) is -3.23. The minimum Gasteiger partial charge on any atom is -0.377 e. The first-order chi connectivity index (χ1) is 7.85. The van der Waals surface area contributed by atoms with Gasteiger partial charge in [-0.2, -0.15) is 0 Å². The van der Waals surface area contributed by atoms with Crippen molar-refractivity contribution < 1.29 is 13.2 Å². The molecule has 0 aromatic rings. The molecule has 1 aliphatic carbocycles. The Hall–Kier alpha value is -0.170. The highest BCUT2D eigenvalue weighted by Crippen LogP contribution is 2.23. The molecule has 5 nitrogen and oxygen atoms in total. The summed E-state index contributed by atoms with van der Waals surface area (Å²) in [4.78, 5) is 0. The van der Waals surface area contributed by atoms with Crippen molar-refractivity contribution in [1.29, 1.82) is 0 Å². The van der Waals surface area contributed by atoms with Crippen LogP contribution in [-0.2, 0) is 14.8 Å². The van der Waals surface area contributed by atoms with E-state index in [-0.39, 0.29) is 23.9 Å². The Morgan fingerprint density at radius 3 is 2.59 bits per heavy atom. The van der Waals surface area contributed by atoms with E-state index in [1.165, 1.54) is 0 Å². The van der Waals surface area contributed by atoms with Crippen LogP contribution in [0, 0.1) is 5.92 Å². The van der Waals surface area contributed by atoms with E-state index in [1.807, 2.05) is 20.8 Å². The molecule has 0 heterocycles. The fourth-order valence-corrected chi connectivity index (χ4v) is 3.49. The molecular weight excluding hydrogens is 240 g/mol. The predicted molar refractivity (Wildman–Crippen MR) is 68.2 cm³/mol. The smallest absolute Gasteiger partial charge is 0.211 e. The summed E-state index contributed by atoms with van der Waals surface area (Å²) in [6, 6.07) is -0.382. The molecule has 102 valence electrons. The number of rotatable bonds is 7. The zero-order chi connectivity index (χ0) is 13.1. The van der Waals surface area contributed by atoms with Gasteiger partial charge in [-0.3, -0.25) is 0 Å². The van der Waals surface area contributed by atoms with Crippen LogP contribution in [0.1, 0.15) is 33.6 Å². The van der Waals surface area contributed by atoms with Gasteiger partial charge in [-0.1, -0.05) is 13.8 Å². The summed E-state index contributed by atoms with van der Waals surface area (Å²) >= 11 is 0. The van der Waals surface area contributed by atoms with Crippen LogP contribution < -0.4 is 10.5 Å². The third-order valence-corrected chi connectivity index (χ3v) is 4.43. The van der Waals surface area contributed by atoms with Gasteiger partial charge in [0.05, 0.1) is 17.9 Å². The maximum atomic E-state index is 11.8. The van der Waals surface area contributed by atoms with Gasteiger partial charge in [0.2, 0.25) is 10.0 Å². The average molecular weight is 264 g/mol. The van der Waals surface area contributed by atoms with Gasteiger partial charge >= 0.3 is 0 Å². The lowest BCUT2D eigenvalue weighted by Crippen LogP contribution is -2.64. The van der Waals surface area contributed by atoms with E-state index in [9.17, 15) is 8.42 Å². The predicted octanol–water partition coefficient (Wildman–Crippen LogP) is 0.457. The van der Waals surface area contributed by atoms with Crippen molar-refractivity contribution in [2.75, 3.05) is 12.4 Å². The minimum absolute atomic E-state index is 0.0659. The molecule has 6 heteroatoms. The van der Waals surface area contributed by atoms with Crippen LogP contribution in [0.3, 0.4) is 0 Å². The van der Waals surface area contributed by atoms with E-state index in [4.69, 9.17) is 10.5 Å². The first-order valence-corrected chi connectivity index (χ1v) is 7.88. The molecule has 0 aromatic carbocycles. The van der Waals surface area contributed by atoms with Gasteiger partial charge in [0, 0.05) is 12.6 Å². The van der Waals surface area contributed by atoms with Crippen LogP contribution in [0.4, 0.5) is 0 Å². The largest absolute Gasteiger partial charge is 0.377 e. The van der Waals surface area contributed by atoms with Gasteiger partial charge in [0.1, 0.15) is 0 Å². The second kappa shape index (κ2) is 6.13. The topological polar surface area (TPSA) is 81.4 Å². The molecule has 1 fully saturated rings. The molecule has 1 saturated carbocycles. The molecule has 1 aliphatic rings. The van der Waals surface area contributed by atoms with Crippen LogP contribution in [0.5, 0.6) is 0 Å². The lowest BCUT2D eigenvalue weighted by molar-refractivity contribution is -0.0248. The van der Waals surface area contributed by atoms with Crippen LogP contribution in [0.15, 0.2) is 0 Å². The van der Waals surface area contributed by atoms with E-state index in [0.717, 1.165) is 6.42 Å². The summed E-state index contributed by atoms with van der Waals surface area (Å²) < 4.78 is 31.7. The highest BCUT2D eigenvalue weighted by atomic mass is 32.2. The first kappa shape index (κ1) is 14.9. The lowest BCUT2D eigenvalue weighted by Gasteiger charge is -2.42. The van der Waals surface area contributed by atoms with Gasteiger partial charge in [-0.05, 0) is 25.7 Å². The summed E-state index contributed by atoms with van der Waals surface area (Å²) in [6.45, 7) is 6.50. The summed E-state index contributed by atoms with van der Waals surface area (Å²) in [6.07, 6.45) is 1.32. The van der Waals surface area contributed by atoms with Crippen molar-refractivity contribution >= 4 is 10.0 Å². The van der Waals surface area contributed by atoms with E-state index >= 15 is 0 Å². The Labute approximate surface area is 104 Å². The van der Waals surface area contributed by atoms with Crippen molar-refractivity contribution in [3.63, 3.8) is 0 Å². The monoisotopic (exact) mass is 264 g/mol. The quantitative estimate of drug-likeness (QED) is 0.700. The van der Waals surface area contributed by atoms with E-state index in [1.54, 1.807) is 0 Å². The number of hydrogen-bond donors (Lipinski definition) is 2. The molecule has 0 aliphatic heterocycles. The molecule has 1 rings (SSSR count). The van der Waals surface area contributed by atoms with Gasteiger partial charge in [-0.15, -0.1) is 0 Å². The van der Waals surface area contributed by atoms with Crippen LogP contribution >= 0.6 is 0 Å². The molecule has 3 atom stereocenters. The van der Waals surface area contributed by atoms with Crippen molar-refractivity contribution in [2.45, 2.75) is 51.8 Å². The van der Waals surface area contributed by atoms with Gasteiger partial charge in [-0.25, -0.2) is 13.1 Å². The van der Waals surface area contributed by atoms with Crippen LogP contribution in [0.2, 0.25) is 0 Å². The summed E-state index contributed by atoms with van der Waals surface area (Å²) in [5, 5.41) is 0. The Kier molecular flexibility index (Phi) is 5.37. The van der Waals surface area contributed by atoms with Gasteiger partial charge in [0.25, 0.3) is 0 Å². The average Bonchev–Trinajstić information content (AvgIpc) is 2.24. The number of hydrogen-bond acceptors (Lipinski definition) is 4. The van der Waals surface area contributed by atoms with E-state index < -0.39 is 10.0 Å². The molecule has 0 radical (unpaired) electrons. The molecule has 3 unspecified atom stereocenters. The second-order valence-corrected chi connectivity index (χ2v) is 6.91. The number of sulfonamides is 1. The fourth-order valence-electron chi connectivity index (χ4n) is 1.85. The highest BCUT2D eigenvalue weighted by Gasteiger charge is 2.41. The van der Waals surface area contributed by atoms with Crippen molar-refractivity contribution in [2.24, 2.45) is 11.7 Å². The lowest BCUT2D eigenvalue weighted by atomic mass is 9.84. The van der Waals surface area contributed by atoms with Crippen LogP contribution in [-0.4, -0.2) is 39.0 Å². The van der Waals surface area contributed by atoms with Gasteiger partial charge < -0.3 is 10.5 Å². The first-order valence-electron chi connectivity index (χ1n) is 6.23. The second-order valence-electron chi connectivity index (χ2n) is 5.04. The zero-order valence-corrected chi connectivity index (χ0v) is 11.7. The zero-order valence-electron chi connectivity index (χ0n) is 10.8. The number of nitrogens with one attached hydrogen (secondary N) is 1. The van der Waals surface area contributed by atoms with Crippen molar-refractivity contribution in [3.05, 3.63) is 0 Å². The van der Waals surface area contributed by atoms with Gasteiger partial charge in [0.15, 0.2) is 0 Å². The van der Waals surface area contributed by atoms with E-state index in [2.05, 4.69) is 4.72 Å². The Bertz CT molecular complexity index is 328. The molecule has 0 aromatic heterocycles. The van der Waals surface area contributed by atoms with Crippen LogP contribution in [0.25, 0.3) is 0 Å². The summed E-state index contributed by atoms with van der Waals surface area (Å²) in [5.74, 6) is 0.538. The highest BCUT2D eigenvalue weighted by molar-refractivity contribution is 7.89. The Morgan fingerprint density at radius 1 is 1.47 bits per heavy atom. The SMILES string of the molecule is CCOC1CC(N)C1NS(=O)(=O)CCC(C)C. The maximum Gasteiger partial charge on any atom is 0.211 e. The molecule has 0 bridgehead atoms. The maximum absolute atomic E-state index is 11.8. The summed E-state index contributed by atoms with van der Waals surface area (Å²) in [5.41, 5.74) is 5.80. The third kappa shape index (κ3) is 4.54. The number of ether oxygens (including phenoxy) is 1. The Balaban J connectivity index is 2.46. The standard InChI is InChI=1S/C11H24N2O3S/c1-4-16-10-7-9(12)11(10)13-17(14,15)6-5-8(2)3/h8-11,13H,4-7,12H2,1-3H3.